The van der Waals surface area contributed by atoms with Gasteiger partial charge in [-0.15, -0.1) is 0 Å². The van der Waals surface area contributed by atoms with Gasteiger partial charge in [0.25, 0.3) is 5.56 Å². The lowest BCUT2D eigenvalue weighted by atomic mass is 9.83. The smallest absolute Gasteiger partial charge is 0.271 e. The number of benzene rings is 3. The van der Waals surface area contributed by atoms with Crippen molar-refractivity contribution in [2.75, 3.05) is 7.11 Å². The van der Waals surface area contributed by atoms with Gasteiger partial charge in [-0.1, -0.05) is 65.4 Å². The van der Waals surface area contributed by atoms with Crippen molar-refractivity contribution in [3.05, 3.63) is 143 Å². The highest BCUT2D eigenvalue weighted by Gasteiger charge is 2.32. The van der Waals surface area contributed by atoms with Crippen LogP contribution >= 0.6 is 11.3 Å². The number of ether oxygens (including phenoxy) is 1. The molecule has 2 aromatic heterocycles. The zero-order valence-electron chi connectivity index (χ0n) is 23.6. The normalized spacial score (nSPS) is 16.2. The zero-order chi connectivity index (χ0) is 28.2. The molecule has 1 aliphatic heterocycles. The topological polar surface area (TPSA) is 48.5 Å². The van der Waals surface area contributed by atoms with E-state index < -0.39 is 0 Å². The second-order valence-electron chi connectivity index (χ2n) is 10.9. The van der Waals surface area contributed by atoms with Gasteiger partial charge in [-0.05, 0) is 92.3 Å². The van der Waals surface area contributed by atoms with Gasteiger partial charge in [-0.25, -0.2) is 4.99 Å². The Balaban J connectivity index is 1.42. The number of nitrogens with zero attached hydrogens (tertiary/aromatic N) is 3. The molecule has 0 unspecified atom stereocenters. The highest BCUT2D eigenvalue weighted by molar-refractivity contribution is 7.07. The molecule has 204 valence electrons. The van der Waals surface area contributed by atoms with Crippen LogP contribution in [0.15, 0.2) is 94.2 Å². The Morgan fingerprint density at radius 1 is 0.951 bits per heavy atom. The molecule has 0 radical (unpaired) electrons. The molecule has 0 bridgehead atoms. The van der Waals surface area contributed by atoms with Crippen molar-refractivity contribution >= 4 is 23.1 Å². The van der Waals surface area contributed by atoms with E-state index in [1.165, 1.54) is 33.6 Å². The summed E-state index contributed by atoms with van der Waals surface area (Å²) >= 11 is 1.47. The maximum absolute atomic E-state index is 14.2. The summed E-state index contributed by atoms with van der Waals surface area (Å²) in [6.07, 6.45) is 3.85. The fourth-order valence-corrected chi connectivity index (χ4v) is 7.27. The van der Waals surface area contributed by atoms with E-state index in [2.05, 4.69) is 92.1 Å². The van der Waals surface area contributed by atoms with Gasteiger partial charge in [0.15, 0.2) is 4.80 Å². The predicted octanol–water partition coefficient (Wildman–Crippen LogP) is 6.04. The second kappa shape index (κ2) is 9.89. The van der Waals surface area contributed by atoms with Gasteiger partial charge >= 0.3 is 0 Å². The number of fused-ring (bicyclic) bond motifs is 3. The lowest BCUT2D eigenvalue weighted by molar-refractivity contribution is 0.414. The van der Waals surface area contributed by atoms with E-state index in [9.17, 15) is 4.79 Å². The van der Waals surface area contributed by atoms with E-state index in [0.717, 1.165) is 57.3 Å². The minimum absolute atomic E-state index is 0.000107. The van der Waals surface area contributed by atoms with Crippen molar-refractivity contribution in [2.45, 2.75) is 39.7 Å². The molecule has 0 fully saturated rings. The van der Waals surface area contributed by atoms with Crippen LogP contribution in [0, 0.1) is 20.8 Å². The summed E-state index contributed by atoms with van der Waals surface area (Å²) < 4.78 is 10.3. The number of hydrogen-bond acceptors (Lipinski definition) is 4. The third kappa shape index (κ3) is 4.21. The van der Waals surface area contributed by atoms with Crippen LogP contribution in [0.2, 0.25) is 0 Å². The number of thiazole rings is 1. The van der Waals surface area contributed by atoms with Crippen molar-refractivity contribution in [3.8, 4) is 11.4 Å². The van der Waals surface area contributed by atoms with Crippen LogP contribution in [0.3, 0.4) is 0 Å². The maximum atomic E-state index is 14.2. The van der Waals surface area contributed by atoms with Gasteiger partial charge in [-0.3, -0.25) is 9.36 Å². The minimum Gasteiger partial charge on any atom is -0.497 e. The summed E-state index contributed by atoms with van der Waals surface area (Å²) in [5.74, 6) is 0.799. The first-order chi connectivity index (χ1) is 19.9. The van der Waals surface area contributed by atoms with Crippen LogP contribution in [-0.4, -0.2) is 16.2 Å². The van der Waals surface area contributed by atoms with E-state index in [-0.39, 0.29) is 11.6 Å². The Labute approximate surface area is 243 Å². The van der Waals surface area contributed by atoms with Gasteiger partial charge in [-0.2, -0.15) is 0 Å². The maximum Gasteiger partial charge on any atom is 0.271 e. The Morgan fingerprint density at radius 2 is 1.71 bits per heavy atom. The molecule has 0 N–H and O–H groups in total. The summed E-state index contributed by atoms with van der Waals surface area (Å²) in [5, 5.41) is 0. The molecular formula is C35H31N3O2S. The molecule has 1 aliphatic carbocycles. The Bertz CT molecular complexity index is 2020. The zero-order valence-corrected chi connectivity index (χ0v) is 24.5. The highest BCUT2D eigenvalue weighted by Crippen LogP contribution is 2.41. The van der Waals surface area contributed by atoms with E-state index in [0.29, 0.717) is 4.53 Å². The lowest BCUT2D eigenvalue weighted by Gasteiger charge is -2.30. The molecule has 41 heavy (non-hydrogen) atoms. The molecule has 5 aromatic rings. The first-order valence-electron chi connectivity index (χ1n) is 14.0. The number of aromatic nitrogens is 2. The Morgan fingerprint density at radius 3 is 2.46 bits per heavy atom. The summed E-state index contributed by atoms with van der Waals surface area (Å²) in [4.78, 5) is 20.1. The molecule has 0 saturated carbocycles. The molecule has 6 heteroatoms. The summed E-state index contributed by atoms with van der Waals surface area (Å²) in [6.45, 7) is 6.33. The van der Waals surface area contributed by atoms with E-state index >= 15 is 0 Å². The molecule has 3 aromatic carbocycles. The molecule has 7 rings (SSSR count). The lowest BCUT2D eigenvalue weighted by Crippen LogP contribution is -2.38. The van der Waals surface area contributed by atoms with E-state index in [4.69, 9.17) is 9.73 Å². The number of allylic oxidation sites excluding steroid dienone is 1. The van der Waals surface area contributed by atoms with Crippen LogP contribution < -0.4 is 19.6 Å². The van der Waals surface area contributed by atoms with Crippen LogP contribution in [0.5, 0.6) is 5.75 Å². The summed E-state index contributed by atoms with van der Waals surface area (Å²) in [7, 11) is 1.67. The van der Waals surface area contributed by atoms with Gasteiger partial charge in [0.2, 0.25) is 0 Å². The van der Waals surface area contributed by atoms with Crippen molar-refractivity contribution in [3.63, 3.8) is 0 Å². The van der Waals surface area contributed by atoms with Crippen molar-refractivity contribution < 1.29 is 4.74 Å². The molecule has 0 amide bonds. The Kier molecular flexibility index (Phi) is 6.16. The quantitative estimate of drug-likeness (QED) is 0.270. The van der Waals surface area contributed by atoms with Crippen molar-refractivity contribution in [1.82, 2.24) is 9.13 Å². The fourth-order valence-electron chi connectivity index (χ4n) is 6.27. The van der Waals surface area contributed by atoms with Gasteiger partial charge in [0, 0.05) is 22.6 Å². The Hall–Kier alpha value is -4.42. The fraction of sp³-hybridized carbons (Fsp3) is 0.200. The third-order valence-corrected chi connectivity index (χ3v) is 9.34. The van der Waals surface area contributed by atoms with Crippen LogP contribution in [0.25, 0.3) is 17.5 Å². The summed E-state index contributed by atoms with van der Waals surface area (Å²) in [5.41, 5.74) is 11.4. The largest absolute Gasteiger partial charge is 0.497 e. The van der Waals surface area contributed by atoms with Gasteiger partial charge < -0.3 is 9.30 Å². The van der Waals surface area contributed by atoms with Crippen molar-refractivity contribution in [2.24, 2.45) is 4.99 Å². The highest BCUT2D eigenvalue weighted by atomic mass is 32.1. The molecule has 3 heterocycles. The van der Waals surface area contributed by atoms with Gasteiger partial charge in [0.1, 0.15) is 5.75 Å². The van der Waals surface area contributed by atoms with Crippen LogP contribution in [0.4, 0.5) is 0 Å². The van der Waals surface area contributed by atoms with Crippen LogP contribution in [0.1, 0.15) is 51.7 Å². The summed E-state index contributed by atoms with van der Waals surface area (Å²) in [6, 6.07) is 27.1. The predicted molar refractivity (Wildman–Crippen MR) is 166 cm³/mol. The molecule has 5 nitrogen and oxygen atoms in total. The van der Waals surface area contributed by atoms with Gasteiger partial charge in [0.05, 0.1) is 23.4 Å². The second-order valence-corrected chi connectivity index (χ2v) is 11.9. The first kappa shape index (κ1) is 25.5. The third-order valence-electron chi connectivity index (χ3n) is 8.35. The minimum atomic E-state index is -0.206. The number of aryl methyl sites for hydroxylation is 3. The number of hydrogen-bond donors (Lipinski definition) is 0. The SMILES string of the molecule is COc1ccc([C@@H]2C3=C(N=c4s/c(=C/c5cc(C)n(-c6ccc(C)cc6)c5C)c(=O)n42)c2ccccc2CC3)cc1. The van der Waals surface area contributed by atoms with Crippen LogP contribution in [-0.2, 0) is 6.42 Å². The van der Waals surface area contributed by atoms with Crippen molar-refractivity contribution in [1.29, 1.82) is 0 Å². The molecule has 1 atom stereocenters. The number of rotatable bonds is 4. The van der Waals surface area contributed by atoms with E-state index in [1.807, 2.05) is 22.8 Å². The molecule has 0 saturated heterocycles. The molecular weight excluding hydrogens is 526 g/mol. The standard InChI is InChI=1S/C35H31N3O2S/c1-21-9-14-27(15-10-21)37-22(2)19-26(23(37)3)20-31-34(39)38-33(25-11-16-28(40-4)17-12-25)30-18-13-24-7-5-6-8-29(24)32(30)36-35(38)41-31/h5-12,14-17,19-20,33H,13,18H2,1-4H3/b31-20+/t33-/m1/s1. The average Bonchev–Trinajstić information content (AvgIpc) is 3.46. The molecule has 0 spiro atoms. The monoisotopic (exact) mass is 557 g/mol. The van der Waals surface area contributed by atoms with E-state index in [1.54, 1.807) is 7.11 Å². The molecule has 2 aliphatic rings. The average molecular weight is 558 g/mol. The first-order valence-corrected chi connectivity index (χ1v) is 14.8. The number of methoxy groups -OCH3 is 1.